The first-order valence-corrected chi connectivity index (χ1v) is 6.92. The molecule has 4 nitrogen and oxygen atoms in total. The zero-order valence-electron chi connectivity index (χ0n) is 10.8. The summed E-state index contributed by atoms with van der Waals surface area (Å²) < 4.78 is 4.82. The Morgan fingerprint density at radius 1 is 1.40 bits per heavy atom. The molecule has 0 saturated carbocycles. The van der Waals surface area contributed by atoms with Gasteiger partial charge in [-0.3, -0.25) is 0 Å². The Morgan fingerprint density at radius 2 is 2.10 bits per heavy atom. The third-order valence-corrected chi connectivity index (χ3v) is 4.02. The number of carbonyl (C=O) groups is 1. The highest BCUT2D eigenvalue weighted by atomic mass is 35.5. The Labute approximate surface area is 132 Å². The third kappa shape index (κ3) is 2.75. The number of hydrogen-bond acceptors (Lipinski definition) is 3. The summed E-state index contributed by atoms with van der Waals surface area (Å²) in [4.78, 5) is 12.0. The average Bonchev–Trinajstić information content (AvgIpc) is 2.40. The Bertz CT molecular complexity index is 616. The molecule has 20 heavy (non-hydrogen) atoms. The zero-order chi connectivity index (χ0) is 14.9. The van der Waals surface area contributed by atoms with Crippen LogP contribution in [0.15, 0.2) is 29.5 Å². The van der Waals surface area contributed by atoms with Crippen LogP contribution in [0, 0.1) is 0 Å². The minimum atomic E-state index is -0.498. The molecular weight excluding hydrogens is 319 g/mol. The van der Waals surface area contributed by atoms with Gasteiger partial charge in [0.25, 0.3) is 0 Å². The molecule has 0 radical (unpaired) electrons. The van der Waals surface area contributed by atoms with Crippen molar-refractivity contribution >= 4 is 46.5 Å². The number of allylic oxidation sites excluding steroid dienone is 1. The van der Waals surface area contributed by atoms with Crippen LogP contribution in [0.2, 0.25) is 10.0 Å². The quantitative estimate of drug-likeness (QED) is 0.645. The lowest BCUT2D eigenvalue weighted by molar-refractivity contribution is -0.136. The van der Waals surface area contributed by atoms with Gasteiger partial charge in [-0.15, -0.1) is 0 Å². The second-order valence-electron chi connectivity index (χ2n) is 4.20. The summed E-state index contributed by atoms with van der Waals surface area (Å²) in [5.74, 6) is -0.453. The SMILES string of the molecule is COC(=O)C1=C(C)NC(=S)NC1c1cccc(Cl)c1Cl. The second kappa shape index (κ2) is 5.99. The van der Waals surface area contributed by atoms with Gasteiger partial charge in [-0.2, -0.15) is 0 Å². The fraction of sp³-hybridized carbons (Fsp3) is 0.231. The molecule has 1 heterocycles. The van der Waals surface area contributed by atoms with Gasteiger partial charge in [-0.25, -0.2) is 4.79 Å². The van der Waals surface area contributed by atoms with Gasteiger partial charge in [-0.05, 0) is 30.8 Å². The van der Waals surface area contributed by atoms with Gasteiger partial charge >= 0.3 is 5.97 Å². The van der Waals surface area contributed by atoms with E-state index in [-0.39, 0.29) is 0 Å². The molecule has 1 unspecified atom stereocenters. The summed E-state index contributed by atoms with van der Waals surface area (Å²) in [7, 11) is 1.33. The van der Waals surface area contributed by atoms with Crippen LogP contribution in [0.1, 0.15) is 18.5 Å². The highest BCUT2D eigenvalue weighted by Crippen LogP contribution is 2.35. The molecule has 0 aromatic heterocycles. The lowest BCUT2D eigenvalue weighted by Gasteiger charge is -2.30. The largest absolute Gasteiger partial charge is 0.466 e. The molecule has 1 atom stereocenters. The minimum Gasteiger partial charge on any atom is -0.466 e. The van der Waals surface area contributed by atoms with Gasteiger partial charge in [0.2, 0.25) is 0 Å². The van der Waals surface area contributed by atoms with E-state index in [1.54, 1.807) is 25.1 Å². The van der Waals surface area contributed by atoms with Crippen molar-refractivity contribution in [2.75, 3.05) is 7.11 Å². The van der Waals surface area contributed by atoms with Crippen LogP contribution in [0.25, 0.3) is 0 Å². The molecule has 1 aliphatic rings. The van der Waals surface area contributed by atoms with Crippen molar-refractivity contribution in [1.29, 1.82) is 0 Å². The number of hydrogen-bond donors (Lipinski definition) is 2. The van der Waals surface area contributed by atoms with Crippen LogP contribution in [0.3, 0.4) is 0 Å². The maximum absolute atomic E-state index is 12.0. The van der Waals surface area contributed by atoms with E-state index >= 15 is 0 Å². The molecule has 1 aromatic rings. The summed E-state index contributed by atoms with van der Waals surface area (Å²) >= 11 is 17.4. The minimum absolute atomic E-state index is 0.380. The first kappa shape index (κ1) is 15.1. The fourth-order valence-corrected chi connectivity index (χ4v) is 2.74. The number of ether oxygens (including phenoxy) is 1. The predicted octanol–water partition coefficient (Wildman–Crippen LogP) is 2.96. The smallest absolute Gasteiger partial charge is 0.337 e. The number of halogens is 2. The monoisotopic (exact) mass is 330 g/mol. The lowest BCUT2D eigenvalue weighted by atomic mass is 9.95. The first-order chi connectivity index (χ1) is 9.45. The van der Waals surface area contributed by atoms with Gasteiger partial charge in [0, 0.05) is 5.70 Å². The zero-order valence-corrected chi connectivity index (χ0v) is 13.1. The number of esters is 1. The molecular formula is C13H12Cl2N2O2S. The summed E-state index contributed by atoms with van der Waals surface area (Å²) in [5, 5.41) is 7.12. The van der Waals surface area contributed by atoms with E-state index in [9.17, 15) is 4.79 Å². The van der Waals surface area contributed by atoms with Gasteiger partial charge in [-0.1, -0.05) is 35.3 Å². The van der Waals surface area contributed by atoms with Crippen molar-refractivity contribution in [3.8, 4) is 0 Å². The maximum atomic E-state index is 12.0. The van der Waals surface area contributed by atoms with Gasteiger partial charge in [0.15, 0.2) is 5.11 Å². The fourth-order valence-electron chi connectivity index (χ4n) is 2.05. The molecule has 106 valence electrons. The number of methoxy groups -OCH3 is 1. The van der Waals surface area contributed by atoms with Crippen LogP contribution in [0.4, 0.5) is 0 Å². The molecule has 7 heteroatoms. The van der Waals surface area contributed by atoms with Crippen molar-refractivity contribution < 1.29 is 9.53 Å². The molecule has 0 bridgehead atoms. The predicted molar refractivity (Wildman–Crippen MR) is 82.8 cm³/mol. The van der Waals surface area contributed by atoms with Crippen molar-refractivity contribution in [2.24, 2.45) is 0 Å². The van der Waals surface area contributed by atoms with E-state index in [1.165, 1.54) is 7.11 Å². The van der Waals surface area contributed by atoms with Crippen LogP contribution < -0.4 is 10.6 Å². The van der Waals surface area contributed by atoms with E-state index in [0.717, 1.165) is 0 Å². The number of carbonyl (C=O) groups excluding carboxylic acids is 1. The van der Waals surface area contributed by atoms with Crippen molar-refractivity contribution in [2.45, 2.75) is 13.0 Å². The third-order valence-electron chi connectivity index (χ3n) is 2.97. The van der Waals surface area contributed by atoms with Crippen molar-refractivity contribution in [1.82, 2.24) is 10.6 Å². The number of nitrogens with one attached hydrogen (secondary N) is 2. The van der Waals surface area contributed by atoms with Gasteiger partial charge in [0.1, 0.15) is 0 Å². The van der Waals surface area contributed by atoms with Crippen molar-refractivity contribution in [3.05, 3.63) is 45.1 Å². The first-order valence-electron chi connectivity index (χ1n) is 5.76. The van der Waals surface area contributed by atoms with Gasteiger partial charge < -0.3 is 15.4 Å². The van der Waals surface area contributed by atoms with E-state index < -0.39 is 12.0 Å². The summed E-state index contributed by atoms with van der Waals surface area (Å²) in [6.45, 7) is 1.75. The van der Waals surface area contributed by atoms with E-state index in [4.69, 9.17) is 40.2 Å². The molecule has 0 spiro atoms. The average molecular weight is 331 g/mol. The molecule has 1 aromatic carbocycles. The molecule has 0 aliphatic carbocycles. The number of thiocarbonyl (C=S) groups is 1. The second-order valence-corrected chi connectivity index (χ2v) is 5.40. The van der Waals surface area contributed by atoms with Crippen LogP contribution >= 0.6 is 35.4 Å². The molecule has 1 aliphatic heterocycles. The molecule has 0 fully saturated rings. The Kier molecular flexibility index (Phi) is 4.52. The Hall–Kier alpha value is -1.30. The lowest BCUT2D eigenvalue weighted by Crippen LogP contribution is -2.45. The highest BCUT2D eigenvalue weighted by Gasteiger charge is 2.32. The van der Waals surface area contributed by atoms with E-state index in [1.807, 2.05) is 0 Å². The molecule has 2 rings (SSSR count). The van der Waals surface area contributed by atoms with Crippen LogP contribution in [-0.2, 0) is 9.53 Å². The van der Waals surface area contributed by atoms with Crippen LogP contribution in [0.5, 0.6) is 0 Å². The Balaban J connectivity index is 2.57. The standard InChI is InChI=1S/C13H12Cl2N2O2S/c1-6-9(12(18)19-2)11(17-13(20)16-6)7-4-3-5-8(14)10(7)15/h3-5,11H,1-2H3,(H2,16,17,20). The topological polar surface area (TPSA) is 50.4 Å². The highest BCUT2D eigenvalue weighted by molar-refractivity contribution is 7.80. The van der Waals surface area contributed by atoms with Crippen LogP contribution in [-0.4, -0.2) is 18.2 Å². The summed E-state index contributed by atoms with van der Waals surface area (Å²) in [5.41, 5.74) is 1.72. The van der Waals surface area contributed by atoms with Gasteiger partial charge in [0.05, 0.1) is 28.8 Å². The van der Waals surface area contributed by atoms with Crippen molar-refractivity contribution in [3.63, 3.8) is 0 Å². The summed E-state index contributed by atoms with van der Waals surface area (Å²) in [6.07, 6.45) is 0. The number of rotatable bonds is 2. The number of benzene rings is 1. The molecule has 0 saturated heterocycles. The summed E-state index contributed by atoms with van der Waals surface area (Å²) in [6, 6.07) is 4.74. The maximum Gasteiger partial charge on any atom is 0.337 e. The molecule has 2 N–H and O–H groups in total. The normalized spacial score (nSPS) is 18.4. The van der Waals surface area contributed by atoms with E-state index in [2.05, 4.69) is 10.6 Å². The van der Waals surface area contributed by atoms with E-state index in [0.29, 0.717) is 32.0 Å². The molecule has 0 amide bonds. The Morgan fingerprint density at radius 3 is 2.75 bits per heavy atom.